The van der Waals surface area contributed by atoms with E-state index in [0.717, 1.165) is 60.3 Å². The molecule has 148 heavy (non-hydrogen) atoms. The summed E-state index contributed by atoms with van der Waals surface area (Å²) in [5.41, 5.74) is 7.54. The van der Waals surface area contributed by atoms with E-state index in [-0.39, 0.29) is 140 Å². The highest BCUT2D eigenvalue weighted by Gasteiger charge is 2.49. The van der Waals surface area contributed by atoms with Crippen LogP contribution in [0.25, 0.3) is 48.7 Å². The molecular weight excluding hydrogens is 2040 g/mol. The van der Waals surface area contributed by atoms with Gasteiger partial charge in [-0.3, -0.25) is 41.6 Å². The summed E-state index contributed by atoms with van der Waals surface area (Å²) in [6.07, 6.45) is 23.9. The van der Waals surface area contributed by atoms with E-state index >= 15 is 0 Å². The van der Waals surface area contributed by atoms with Crippen molar-refractivity contribution in [1.82, 2.24) is 20.3 Å². The molecule has 0 spiro atoms. The van der Waals surface area contributed by atoms with Gasteiger partial charge in [-0.2, -0.15) is 68.1 Å². The van der Waals surface area contributed by atoms with Gasteiger partial charge in [-0.15, -0.1) is 5.10 Å². The second kappa shape index (κ2) is 45.8. The van der Waals surface area contributed by atoms with Crippen molar-refractivity contribution in [3.8, 4) is 0 Å². The highest BCUT2D eigenvalue weighted by Crippen LogP contribution is 2.55. The van der Waals surface area contributed by atoms with Crippen molar-refractivity contribution in [1.29, 1.82) is 0 Å². The Hall–Kier alpha value is -11.5. The van der Waals surface area contributed by atoms with E-state index in [4.69, 9.17) is 18.9 Å². The maximum Gasteiger partial charge on any atom is 0.407 e. The number of benzene rings is 9. The molecule has 5 heterocycles. The van der Waals surface area contributed by atoms with Gasteiger partial charge in [0.25, 0.3) is 70.8 Å². The number of carbonyl (C=O) groups is 2. The molecule has 0 radical (unpaired) electrons. The molecule has 1 aromatic heterocycles. The number of hydrogen-bond acceptors (Lipinski definition) is 24. The van der Waals surface area contributed by atoms with E-state index in [2.05, 4.69) is 150 Å². The Labute approximate surface area is 863 Å². The quantitative estimate of drug-likeness (QED) is 0.00760. The second-order valence-electron chi connectivity index (χ2n) is 39.2. The van der Waals surface area contributed by atoms with Crippen LogP contribution in [0.2, 0.25) is 0 Å². The number of hydrogen-bond donors (Lipinski definition) is 8. The summed E-state index contributed by atoms with van der Waals surface area (Å²) in [4.78, 5) is 28.5. The van der Waals surface area contributed by atoms with E-state index in [1.165, 1.54) is 67.8 Å². The summed E-state index contributed by atoms with van der Waals surface area (Å²) in [5, 5.41) is 15.5. The summed E-state index contributed by atoms with van der Waals surface area (Å²) in [6, 6.07) is 41.9. The van der Waals surface area contributed by atoms with Gasteiger partial charge in [-0.25, -0.2) is 9.48 Å². The van der Waals surface area contributed by atoms with Gasteiger partial charge in [0, 0.05) is 126 Å². The van der Waals surface area contributed by atoms with Crippen molar-refractivity contribution in [2.75, 3.05) is 118 Å². The first-order valence-corrected chi connectivity index (χ1v) is 59.2. The van der Waals surface area contributed by atoms with Gasteiger partial charge in [0.2, 0.25) is 17.3 Å². The molecule has 0 saturated carbocycles. The summed E-state index contributed by atoms with van der Waals surface area (Å²) in [6.45, 7) is 19.5. The fourth-order valence-electron chi connectivity index (χ4n) is 20.6. The Balaban J connectivity index is 0.547. The van der Waals surface area contributed by atoms with Crippen molar-refractivity contribution in [2.45, 2.75) is 180 Å². The molecule has 14 rings (SSSR count). The minimum absolute atomic E-state index is 0.0337. The molecule has 2 amide bonds. The van der Waals surface area contributed by atoms with Gasteiger partial charge in [-0.1, -0.05) is 149 Å². The SMILES string of the molecule is CN(C(=O)CCCCc1cccc(C(=C\C=C2\N(CCCS(=O)(=O)O)c3ccc4c(S(=O)(=O)O)cc(S(=O)(=O)O)cc4c3C2(C)C)/C=C/C2=[N+](CCCS(=O)(=O)O)c3ccc4c(S(=O)(=O)O)cc(S(=O)(=O)O)cc4c3C2(C)C)c1)c1cn(CCOCCOCCOCCNC(=O)OCCCCCCN2/C(=C/C=C/C=C/C3=[N+](CCCCS(=O)(=O)O)c4ccc5ccccc5c4C3(C)C)C(C)(C)c3c2ccc2ccccc32)nn1. The Bertz CT molecular complexity index is 7970. The highest BCUT2D eigenvalue weighted by molar-refractivity contribution is 7.87. The molecule has 0 fully saturated rings. The number of amides is 2. The minimum atomic E-state index is -5.18. The average Bonchev–Trinajstić information content (AvgIpc) is 1.48. The molecule has 9 aromatic carbocycles. The molecule has 0 saturated heterocycles. The zero-order valence-electron chi connectivity index (χ0n) is 83.7. The predicted octanol–water partition coefficient (Wildman–Crippen LogP) is 16.4. The standard InChI is InChI=1S/C105H123N9O27S7/c1-102(2)91(35-13-12-14-36-92-103(3,4)98-80-34-19-17-31-75(80)39-45-86(98)112(92)52-22-24-63-142(117,118)119)111(85-44-38-74-30-16-18-33-79(74)97(85)102)51-21-10-11-23-56-141-101(116)106-50-57-138-59-61-140-62-60-139-58-55-110-71-95(107-108-110)109(9)96(115)37-20-15-28-72-29-25-32-76(66-72)73(40-48-93-104(5,6)99-83-67-77(145(126,127)128)69-89(147(132,133)134)81(83)42-46-87(99)113(93)53-26-64-143(120,121)122)41-49-94-105(7,8)100-84-68-78(146(129,130)131)70-90(148(135,136)137)82(84)43-47-88(100)114(94)54-27-65-144(123,124)125/h12-14,16-19,25,29-36,38-49,66-71H,10-11,15,20-24,26-28,37,50-65H2,1-9H3,(H6-2,106,116,117,118,119,120,121,122,123,124,125,126,127,128,129,130,131,132,133,134,135,136,137)/p+2. The summed E-state index contributed by atoms with van der Waals surface area (Å²) in [7, 11) is -32.3. The summed E-state index contributed by atoms with van der Waals surface area (Å²) < 4.78 is 275. The zero-order chi connectivity index (χ0) is 107. The van der Waals surface area contributed by atoms with Crippen LogP contribution in [0.4, 0.5) is 33.4 Å². The highest BCUT2D eigenvalue weighted by atomic mass is 32.2. The number of rotatable bonds is 49. The Morgan fingerprint density at radius 1 is 0.439 bits per heavy atom. The Kier molecular flexibility index (Phi) is 34.7. The molecule has 8 N–H and O–H groups in total. The van der Waals surface area contributed by atoms with Crippen LogP contribution in [0, 0.1) is 0 Å². The molecule has 4 aliphatic rings. The van der Waals surface area contributed by atoms with Gasteiger partial charge in [0.1, 0.15) is 22.9 Å². The van der Waals surface area contributed by atoms with Crippen LogP contribution in [0.5, 0.6) is 0 Å². The number of alkyl carbamates (subject to hydrolysis) is 1. The van der Waals surface area contributed by atoms with E-state index in [9.17, 15) is 100 Å². The lowest BCUT2D eigenvalue weighted by Gasteiger charge is -2.27. The largest absolute Gasteiger partial charge is 0.450 e. The van der Waals surface area contributed by atoms with Crippen molar-refractivity contribution in [2.24, 2.45) is 0 Å². The Morgan fingerprint density at radius 2 is 0.946 bits per heavy atom. The molecule has 10 aromatic rings. The zero-order valence-corrected chi connectivity index (χ0v) is 89.4. The molecule has 0 aliphatic carbocycles. The third-order valence-corrected chi connectivity index (χ3v) is 33.3. The van der Waals surface area contributed by atoms with Crippen LogP contribution in [0.15, 0.2) is 237 Å². The second-order valence-corrected chi connectivity index (χ2v) is 49.5. The molecule has 36 nitrogen and oxygen atoms in total. The summed E-state index contributed by atoms with van der Waals surface area (Å²) in [5.74, 6) is -1.66. The van der Waals surface area contributed by atoms with Crippen molar-refractivity contribution < 1.29 is 128 Å². The lowest BCUT2D eigenvalue weighted by atomic mass is 9.78. The number of ether oxygens (including phenoxy) is 4. The normalized spacial score (nSPS) is 16.4. The van der Waals surface area contributed by atoms with Gasteiger partial charge < -0.3 is 34.1 Å². The van der Waals surface area contributed by atoms with Gasteiger partial charge in [-0.05, 0) is 206 Å². The third-order valence-electron chi connectivity index (χ3n) is 27.5. The number of nitrogens with zero attached hydrogens (tertiary/aromatic N) is 8. The van der Waals surface area contributed by atoms with E-state index in [1.807, 2.05) is 18.2 Å². The van der Waals surface area contributed by atoms with Gasteiger partial charge in [0.05, 0.1) is 96.9 Å². The molecule has 4 aliphatic heterocycles. The van der Waals surface area contributed by atoms with Crippen LogP contribution < -0.4 is 20.0 Å². The lowest BCUT2D eigenvalue weighted by Crippen LogP contribution is -2.28. The molecule has 792 valence electrons. The third kappa shape index (κ3) is 26.4. The first-order chi connectivity index (χ1) is 69.6. The number of carbonyl (C=O) groups excluding carboxylic acids is 2. The van der Waals surface area contributed by atoms with Crippen molar-refractivity contribution >= 4 is 171 Å². The number of nitrogens with one attached hydrogen (secondary N) is 1. The van der Waals surface area contributed by atoms with Crippen LogP contribution in [0.3, 0.4) is 0 Å². The maximum atomic E-state index is 13.8. The number of aryl methyl sites for hydroxylation is 1. The van der Waals surface area contributed by atoms with Gasteiger partial charge in [0.15, 0.2) is 17.2 Å². The number of fused-ring (bicyclic) bond motifs is 12. The fraction of sp³-hybridized carbons (Fsp3) is 0.390. The minimum Gasteiger partial charge on any atom is -0.450 e. The fourth-order valence-corrected chi connectivity index (χ4v) is 24.8. The molecule has 0 atom stereocenters. The lowest BCUT2D eigenvalue weighted by molar-refractivity contribution is -0.438. The van der Waals surface area contributed by atoms with Crippen LogP contribution in [-0.2, 0) is 129 Å². The molecule has 0 bridgehead atoms. The van der Waals surface area contributed by atoms with Crippen LogP contribution >= 0.6 is 0 Å². The summed E-state index contributed by atoms with van der Waals surface area (Å²) >= 11 is 0. The van der Waals surface area contributed by atoms with Crippen molar-refractivity contribution in [3.05, 3.63) is 251 Å². The van der Waals surface area contributed by atoms with E-state index in [0.29, 0.717) is 103 Å². The first kappa shape index (κ1) is 112. The number of anilines is 3. The average molecular weight is 2170 g/mol. The monoisotopic (exact) mass is 2170 g/mol. The topological polar surface area (TPSA) is 510 Å². The predicted molar refractivity (Wildman–Crippen MR) is 568 cm³/mol. The smallest absolute Gasteiger partial charge is 0.407 e. The maximum absolute atomic E-state index is 13.8. The molecular formula is C105H125N9O27S7+2. The first-order valence-electron chi connectivity index (χ1n) is 48.6. The van der Waals surface area contributed by atoms with Crippen LogP contribution in [-0.4, -0.2) is 242 Å². The number of aromatic nitrogens is 3. The van der Waals surface area contributed by atoms with Crippen molar-refractivity contribution in [3.63, 3.8) is 0 Å². The van der Waals surface area contributed by atoms with E-state index in [1.54, 1.807) is 91.5 Å². The number of allylic oxidation sites excluding steroid dienone is 12. The molecule has 43 heteroatoms. The molecule has 0 unspecified atom stereocenters. The van der Waals surface area contributed by atoms with Gasteiger partial charge >= 0.3 is 6.09 Å². The Morgan fingerprint density at radius 3 is 1.55 bits per heavy atom. The number of unbranched alkanes of at least 4 members (excludes halogenated alkanes) is 5. The van der Waals surface area contributed by atoms with Crippen LogP contribution in [0.1, 0.15) is 159 Å². The van der Waals surface area contributed by atoms with E-state index < -0.39 is 119 Å².